The monoisotopic (exact) mass is 318 g/mol. The van der Waals surface area contributed by atoms with Crippen molar-refractivity contribution in [3.8, 4) is 6.07 Å². The highest BCUT2D eigenvalue weighted by atomic mass is 79.9. The summed E-state index contributed by atoms with van der Waals surface area (Å²) >= 11 is 3.43. The molecule has 0 saturated carbocycles. The molecular formula is C14H11BrN2O2. The molecule has 5 heteroatoms. The van der Waals surface area contributed by atoms with Crippen molar-refractivity contribution in [3.05, 3.63) is 47.2 Å². The highest BCUT2D eigenvalue weighted by Crippen LogP contribution is 2.33. The van der Waals surface area contributed by atoms with Gasteiger partial charge in [0.1, 0.15) is 6.07 Å². The molecule has 19 heavy (non-hydrogen) atoms. The molecule has 1 N–H and O–H groups in total. The number of nitriles is 1. The van der Waals surface area contributed by atoms with Crippen molar-refractivity contribution in [2.75, 3.05) is 6.61 Å². The van der Waals surface area contributed by atoms with Crippen LogP contribution >= 0.6 is 15.9 Å². The van der Waals surface area contributed by atoms with Gasteiger partial charge in [0.2, 0.25) is 0 Å². The lowest BCUT2D eigenvalue weighted by Gasteiger charge is -2.19. The first-order chi connectivity index (χ1) is 9.19. The van der Waals surface area contributed by atoms with Gasteiger partial charge in [-0.05, 0) is 28.4 Å². The van der Waals surface area contributed by atoms with Gasteiger partial charge in [0.25, 0.3) is 0 Å². The Morgan fingerprint density at radius 3 is 2.74 bits per heavy atom. The molecule has 1 heterocycles. The average Bonchev–Trinajstić information content (AvgIpc) is 2.43. The normalized spacial score (nSPS) is 15.5. The van der Waals surface area contributed by atoms with Gasteiger partial charge < -0.3 is 10.1 Å². The van der Waals surface area contributed by atoms with Crippen molar-refractivity contribution < 1.29 is 9.53 Å². The summed E-state index contributed by atoms with van der Waals surface area (Å²) in [5.41, 5.74) is 2.17. The topological polar surface area (TPSA) is 62.1 Å². The number of fused-ring (bicyclic) bond motifs is 1. The molecule has 0 saturated heterocycles. The van der Waals surface area contributed by atoms with Gasteiger partial charge in [-0.3, -0.25) is 0 Å². The Hall–Kier alpha value is -2.06. The number of nitrogens with zero attached hydrogens (tertiary/aromatic N) is 1. The lowest BCUT2D eigenvalue weighted by Crippen LogP contribution is -2.18. The van der Waals surface area contributed by atoms with Gasteiger partial charge in [-0.25, -0.2) is 4.79 Å². The lowest BCUT2D eigenvalue weighted by atomic mass is 9.99. The summed E-state index contributed by atoms with van der Waals surface area (Å²) < 4.78 is 5.77. The van der Waals surface area contributed by atoms with E-state index < -0.39 is 5.97 Å². The summed E-state index contributed by atoms with van der Waals surface area (Å²) in [5, 5.41) is 12.1. The molecule has 0 aliphatic carbocycles. The fraction of sp³-hybridized carbons (Fsp3) is 0.143. The summed E-state index contributed by atoms with van der Waals surface area (Å²) in [5.74, 6) is -0.617. The summed E-state index contributed by atoms with van der Waals surface area (Å²) in [6.45, 7) is 1.94. The second kappa shape index (κ2) is 5.72. The van der Waals surface area contributed by atoms with Crippen LogP contribution in [0.15, 0.2) is 36.0 Å². The summed E-state index contributed by atoms with van der Waals surface area (Å²) in [6.07, 6.45) is 1.70. The number of hydrogen-bond donors (Lipinski definition) is 1. The lowest BCUT2D eigenvalue weighted by molar-refractivity contribution is -0.137. The van der Waals surface area contributed by atoms with Crippen molar-refractivity contribution in [2.24, 2.45) is 0 Å². The van der Waals surface area contributed by atoms with E-state index in [4.69, 9.17) is 4.74 Å². The zero-order valence-electron chi connectivity index (χ0n) is 10.2. The van der Waals surface area contributed by atoms with E-state index in [0.717, 1.165) is 15.6 Å². The van der Waals surface area contributed by atoms with Crippen LogP contribution in [0, 0.1) is 11.3 Å². The zero-order valence-corrected chi connectivity index (χ0v) is 11.8. The van der Waals surface area contributed by atoms with Gasteiger partial charge >= 0.3 is 5.97 Å². The first-order valence-electron chi connectivity index (χ1n) is 5.72. The summed E-state index contributed by atoms with van der Waals surface area (Å²) in [7, 11) is 0. The van der Waals surface area contributed by atoms with E-state index in [-0.39, 0.29) is 12.2 Å². The summed E-state index contributed by atoms with van der Waals surface area (Å²) in [4.78, 5) is 11.8. The Morgan fingerprint density at radius 2 is 2.11 bits per heavy atom. The van der Waals surface area contributed by atoms with Crippen molar-refractivity contribution in [3.63, 3.8) is 0 Å². The van der Waals surface area contributed by atoms with Crippen LogP contribution in [0.4, 0.5) is 0 Å². The number of esters is 1. The van der Waals surface area contributed by atoms with Gasteiger partial charge in [-0.15, -0.1) is 0 Å². The van der Waals surface area contributed by atoms with Crippen LogP contribution in [0.1, 0.15) is 18.1 Å². The number of hydrogen-bond acceptors (Lipinski definition) is 4. The predicted molar refractivity (Wildman–Crippen MR) is 75.6 cm³/mol. The zero-order chi connectivity index (χ0) is 13.8. The standard InChI is InChI=1S/C14H11BrN2O2/c1-2-19-14(18)11(7-16)13-10-6-4-3-5-9(10)12(15)8-17-13/h3-6,8,17H,2H2,1H3/b13-11-. The van der Waals surface area contributed by atoms with Gasteiger partial charge in [0.05, 0.1) is 12.3 Å². The van der Waals surface area contributed by atoms with Gasteiger partial charge in [0.15, 0.2) is 5.57 Å². The quantitative estimate of drug-likeness (QED) is 0.517. The summed E-state index contributed by atoms with van der Waals surface area (Å²) in [6, 6.07) is 9.42. The fourth-order valence-electron chi connectivity index (χ4n) is 1.81. The number of carbonyl (C=O) groups is 1. The van der Waals surface area contributed by atoms with Crippen molar-refractivity contribution in [2.45, 2.75) is 6.92 Å². The van der Waals surface area contributed by atoms with E-state index in [1.807, 2.05) is 30.3 Å². The minimum absolute atomic E-state index is 0.0226. The maximum atomic E-state index is 11.8. The van der Waals surface area contributed by atoms with Crippen molar-refractivity contribution in [1.29, 1.82) is 5.26 Å². The Kier molecular flexibility index (Phi) is 4.03. The van der Waals surface area contributed by atoms with Gasteiger partial charge in [0, 0.05) is 16.2 Å². The van der Waals surface area contributed by atoms with Crippen LogP contribution in [-0.2, 0) is 9.53 Å². The van der Waals surface area contributed by atoms with E-state index in [0.29, 0.717) is 5.70 Å². The molecule has 1 aromatic rings. The number of nitrogens with one attached hydrogen (secondary N) is 1. The number of benzene rings is 1. The van der Waals surface area contributed by atoms with Crippen molar-refractivity contribution >= 4 is 32.1 Å². The molecule has 0 amide bonds. The fourth-order valence-corrected chi connectivity index (χ4v) is 2.27. The molecule has 0 bridgehead atoms. The van der Waals surface area contributed by atoms with Crippen molar-refractivity contribution in [1.82, 2.24) is 5.32 Å². The van der Waals surface area contributed by atoms with Crippen LogP contribution in [0.5, 0.6) is 0 Å². The largest absolute Gasteiger partial charge is 0.462 e. The number of halogens is 1. The number of carbonyl (C=O) groups excluding carboxylic acids is 1. The van der Waals surface area contributed by atoms with E-state index in [9.17, 15) is 10.1 Å². The third kappa shape index (κ3) is 2.54. The molecule has 0 fully saturated rings. The molecule has 0 unspecified atom stereocenters. The maximum absolute atomic E-state index is 11.8. The molecule has 4 nitrogen and oxygen atoms in total. The SMILES string of the molecule is CCOC(=O)/C(C#N)=C1\NC=C(Br)c2ccccc21. The first-order valence-corrected chi connectivity index (χ1v) is 6.51. The molecule has 0 aromatic heterocycles. The molecule has 96 valence electrons. The third-order valence-electron chi connectivity index (χ3n) is 2.64. The highest BCUT2D eigenvalue weighted by molar-refractivity contribution is 9.15. The Morgan fingerprint density at radius 1 is 1.42 bits per heavy atom. The Balaban J connectivity index is 2.58. The second-order valence-corrected chi connectivity index (χ2v) is 4.62. The molecule has 1 aliphatic rings. The van der Waals surface area contributed by atoms with Gasteiger partial charge in [-0.1, -0.05) is 24.3 Å². The van der Waals surface area contributed by atoms with E-state index in [1.54, 1.807) is 13.1 Å². The molecular weight excluding hydrogens is 308 g/mol. The molecule has 0 radical (unpaired) electrons. The molecule has 1 aliphatic heterocycles. The first kappa shape index (κ1) is 13.4. The smallest absolute Gasteiger partial charge is 0.351 e. The second-order valence-electron chi connectivity index (χ2n) is 3.76. The molecule has 0 atom stereocenters. The minimum Gasteiger partial charge on any atom is -0.462 e. The Bertz CT molecular complexity index is 627. The Labute approximate surface area is 119 Å². The van der Waals surface area contributed by atoms with E-state index in [2.05, 4.69) is 21.2 Å². The van der Waals surface area contributed by atoms with Crippen LogP contribution in [-0.4, -0.2) is 12.6 Å². The minimum atomic E-state index is -0.617. The van der Waals surface area contributed by atoms with Crippen LogP contribution in [0.2, 0.25) is 0 Å². The maximum Gasteiger partial charge on any atom is 0.351 e. The van der Waals surface area contributed by atoms with Crippen LogP contribution < -0.4 is 5.32 Å². The number of ether oxygens (including phenoxy) is 1. The van der Waals surface area contributed by atoms with Gasteiger partial charge in [-0.2, -0.15) is 5.26 Å². The van der Waals surface area contributed by atoms with Crippen LogP contribution in [0.25, 0.3) is 10.2 Å². The average molecular weight is 319 g/mol. The highest BCUT2D eigenvalue weighted by Gasteiger charge is 2.22. The predicted octanol–water partition coefficient (Wildman–Crippen LogP) is 2.78. The molecule has 0 spiro atoms. The van der Waals surface area contributed by atoms with E-state index in [1.165, 1.54) is 0 Å². The molecule has 1 aromatic carbocycles. The number of rotatable bonds is 2. The third-order valence-corrected chi connectivity index (χ3v) is 3.29. The van der Waals surface area contributed by atoms with E-state index >= 15 is 0 Å². The van der Waals surface area contributed by atoms with Crippen LogP contribution in [0.3, 0.4) is 0 Å². The molecule has 2 rings (SSSR count).